The lowest BCUT2D eigenvalue weighted by molar-refractivity contribution is -0.169. The lowest BCUT2D eigenvalue weighted by Gasteiger charge is -2.30. The van der Waals surface area contributed by atoms with Gasteiger partial charge < -0.3 is 14.2 Å². The average Bonchev–Trinajstić information content (AvgIpc) is 3.09. The van der Waals surface area contributed by atoms with E-state index in [4.69, 9.17) is 14.2 Å². The normalized spacial score (nSPS) is 26.6. The van der Waals surface area contributed by atoms with E-state index in [1.165, 1.54) is 0 Å². The number of nitrogens with zero attached hydrogens (tertiary/aromatic N) is 1. The van der Waals surface area contributed by atoms with Crippen molar-refractivity contribution in [1.82, 2.24) is 4.90 Å². The van der Waals surface area contributed by atoms with Gasteiger partial charge >= 0.3 is 6.09 Å². The molecule has 2 fully saturated rings. The smallest absolute Gasteiger partial charge is 0.410 e. The summed E-state index contributed by atoms with van der Waals surface area (Å²) in [4.78, 5) is 14.6. The van der Waals surface area contributed by atoms with Crippen molar-refractivity contribution in [3.63, 3.8) is 0 Å². The predicted molar refractivity (Wildman–Crippen MR) is 104 cm³/mol. The van der Waals surface area contributed by atoms with Gasteiger partial charge in [0.05, 0.1) is 12.6 Å². The van der Waals surface area contributed by atoms with Crippen LogP contribution >= 0.6 is 22.6 Å². The van der Waals surface area contributed by atoms with Gasteiger partial charge in [0.1, 0.15) is 6.61 Å². The van der Waals surface area contributed by atoms with Gasteiger partial charge in [0, 0.05) is 17.1 Å². The highest BCUT2D eigenvalue weighted by atomic mass is 127. The quantitative estimate of drug-likeness (QED) is 0.474. The summed E-state index contributed by atoms with van der Waals surface area (Å²) < 4.78 is 18.0. The monoisotopic (exact) mass is 459 g/mol. The molecule has 2 aliphatic rings. The molecule has 1 unspecified atom stereocenters. The number of amides is 1. The summed E-state index contributed by atoms with van der Waals surface area (Å²) in [7, 11) is 0. The minimum atomic E-state index is -0.235. The van der Waals surface area contributed by atoms with Gasteiger partial charge in [-0.2, -0.15) is 0 Å². The number of hydrogen-bond donors (Lipinski definition) is 0. The van der Waals surface area contributed by atoms with Crippen LogP contribution in [0.5, 0.6) is 0 Å². The molecule has 0 aliphatic carbocycles. The summed E-state index contributed by atoms with van der Waals surface area (Å²) in [6, 6.07) is 10.1. The zero-order valence-corrected chi connectivity index (χ0v) is 16.6. The SMILES string of the molecule is O=C(OCc1ccccc1)N1[C@@H](CI)CC[C@H]1COC1CCCCO1. The molecule has 3 rings (SSSR count). The Hall–Kier alpha value is -0.860. The molecule has 0 saturated carbocycles. The summed E-state index contributed by atoms with van der Waals surface area (Å²) in [5.41, 5.74) is 1.00. The first-order chi connectivity index (χ1) is 12.3. The van der Waals surface area contributed by atoms with E-state index in [2.05, 4.69) is 22.6 Å². The number of hydrogen-bond acceptors (Lipinski definition) is 4. The van der Waals surface area contributed by atoms with Crippen LogP contribution in [0.1, 0.15) is 37.7 Å². The molecule has 2 saturated heterocycles. The molecule has 25 heavy (non-hydrogen) atoms. The Bertz CT molecular complexity index is 535. The van der Waals surface area contributed by atoms with Gasteiger partial charge in [0.25, 0.3) is 0 Å². The third-order valence-electron chi connectivity index (χ3n) is 4.83. The van der Waals surface area contributed by atoms with E-state index >= 15 is 0 Å². The summed E-state index contributed by atoms with van der Waals surface area (Å²) in [5.74, 6) is 0. The number of alkyl halides is 1. The number of rotatable bonds is 6. The van der Waals surface area contributed by atoms with Crippen LogP contribution in [0.3, 0.4) is 0 Å². The second-order valence-corrected chi connectivity index (χ2v) is 7.50. The fraction of sp³-hybridized carbons (Fsp3) is 0.632. The molecular weight excluding hydrogens is 433 g/mol. The number of carbonyl (C=O) groups is 1. The molecule has 0 N–H and O–H groups in total. The molecule has 1 amide bonds. The molecule has 2 aliphatic heterocycles. The third kappa shape index (κ3) is 5.31. The van der Waals surface area contributed by atoms with E-state index in [1.54, 1.807) is 0 Å². The van der Waals surface area contributed by atoms with Gasteiger partial charge in [-0.25, -0.2) is 4.79 Å². The van der Waals surface area contributed by atoms with Crippen LogP contribution in [-0.4, -0.2) is 47.0 Å². The standard InChI is InChI=1S/C19H26INO4/c20-12-16-9-10-17(14-24-18-8-4-5-11-23-18)21(16)19(22)25-13-15-6-2-1-3-7-15/h1-3,6-7,16-18H,4-5,8-14H2/t16-,17+,18?/m1/s1. The van der Waals surface area contributed by atoms with Gasteiger partial charge in [0.2, 0.25) is 0 Å². The third-order valence-corrected chi connectivity index (χ3v) is 5.84. The van der Waals surface area contributed by atoms with E-state index in [1.807, 2.05) is 35.2 Å². The first-order valence-corrected chi connectivity index (χ1v) is 10.6. The van der Waals surface area contributed by atoms with Crippen molar-refractivity contribution in [3.05, 3.63) is 35.9 Å². The van der Waals surface area contributed by atoms with Gasteiger partial charge in [-0.05, 0) is 37.7 Å². The Balaban J connectivity index is 1.53. The zero-order valence-electron chi connectivity index (χ0n) is 14.4. The maximum atomic E-state index is 12.7. The minimum absolute atomic E-state index is 0.0774. The van der Waals surface area contributed by atoms with Crippen LogP contribution in [0.25, 0.3) is 0 Å². The zero-order chi connectivity index (χ0) is 17.5. The number of carbonyl (C=O) groups excluding carboxylic acids is 1. The van der Waals surface area contributed by atoms with E-state index in [0.29, 0.717) is 13.2 Å². The second-order valence-electron chi connectivity index (χ2n) is 6.62. The van der Waals surface area contributed by atoms with Crippen LogP contribution in [0.15, 0.2) is 30.3 Å². The molecule has 1 aromatic rings. The first-order valence-electron chi connectivity index (χ1n) is 9.06. The van der Waals surface area contributed by atoms with Crippen molar-refractivity contribution in [3.8, 4) is 0 Å². The van der Waals surface area contributed by atoms with Crippen molar-refractivity contribution >= 4 is 28.7 Å². The minimum Gasteiger partial charge on any atom is -0.445 e. The van der Waals surface area contributed by atoms with E-state index in [-0.39, 0.29) is 24.5 Å². The molecule has 2 heterocycles. The molecule has 3 atom stereocenters. The number of benzene rings is 1. The molecule has 138 valence electrons. The Morgan fingerprint density at radius 3 is 2.68 bits per heavy atom. The number of ether oxygens (including phenoxy) is 3. The van der Waals surface area contributed by atoms with E-state index in [9.17, 15) is 4.79 Å². The topological polar surface area (TPSA) is 48.0 Å². The van der Waals surface area contributed by atoms with Crippen molar-refractivity contribution < 1.29 is 19.0 Å². The molecule has 6 heteroatoms. The number of likely N-dealkylation sites (tertiary alicyclic amines) is 1. The van der Waals surface area contributed by atoms with Crippen molar-refractivity contribution in [1.29, 1.82) is 0 Å². The van der Waals surface area contributed by atoms with Gasteiger partial charge in [-0.3, -0.25) is 4.90 Å². The molecule has 1 aromatic carbocycles. The number of halogens is 1. The second kappa shape index (κ2) is 9.73. The predicted octanol–water partition coefficient (Wildman–Crippen LogP) is 4.13. The Morgan fingerprint density at radius 1 is 1.16 bits per heavy atom. The van der Waals surface area contributed by atoms with E-state index in [0.717, 1.165) is 48.7 Å². The Labute approximate surface area is 163 Å². The summed E-state index contributed by atoms with van der Waals surface area (Å²) in [6.45, 7) is 1.61. The van der Waals surface area contributed by atoms with Crippen molar-refractivity contribution in [2.45, 2.75) is 57.1 Å². The average molecular weight is 459 g/mol. The maximum Gasteiger partial charge on any atom is 0.410 e. The van der Waals surface area contributed by atoms with Crippen molar-refractivity contribution in [2.75, 3.05) is 17.6 Å². The van der Waals surface area contributed by atoms with E-state index < -0.39 is 0 Å². The summed E-state index contributed by atoms with van der Waals surface area (Å²) in [6.07, 6.45) is 4.81. The van der Waals surface area contributed by atoms with Gasteiger partial charge in [-0.15, -0.1) is 0 Å². The molecule has 5 nitrogen and oxygen atoms in total. The van der Waals surface area contributed by atoms with Crippen LogP contribution in [0.2, 0.25) is 0 Å². The Morgan fingerprint density at radius 2 is 1.96 bits per heavy atom. The highest BCUT2D eigenvalue weighted by Crippen LogP contribution is 2.28. The largest absolute Gasteiger partial charge is 0.445 e. The molecule has 0 radical (unpaired) electrons. The fourth-order valence-corrected chi connectivity index (χ4v) is 4.29. The van der Waals surface area contributed by atoms with Crippen LogP contribution < -0.4 is 0 Å². The van der Waals surface area contributed by atoms with Gasteiger partial charge in [0.15, 0.2) is 6.29 Å². The lowest BCUT2D eigenvalue weighted by Crippen LogP contribution is -2.45. The van der Waals surface area contributed by atoms with Crippen LogP contribution in [0, 0.1) is 0 Å². The first kappa shape index (κ1) is 18.9. The lowest BCUT2D eigenvalue weighted by atomic mass is 10.2. The highest BCUT2D eigenvalue weighted by Gasteiger charge is 2.38. The highest BCUT2D eigenvalue weighted by molar-refractivity contribution is 14.1. The van der Waals surface area contributed by atoms with Gasteiger partial charge in [-0.1, -0.05) is 52.9 Å². The van der Waals surface area contributed by atoms with Crippen LogP contribution in [-0.2, 0) is 20.8 Å². The summed E-state index contributed by atoms with van der Waals surface area (Å²) in [5, 5.41) is 0. The molecule has 0 bridgehead atoms. The summed E-state index contributed by atoms with van der Waals surface area (Å²) >= 11 is 2.34. The Kier molecular flexibility index (Phi) is 7.36. The molecule has 0 aromatic heterocycles. The molecule has 0 spiro atoms. The maximum absolute atomic E-state index is 12.7. The molecular formula is C19H26INO4. The van der Waals surface area contributed by atoms with Crippen LogP contribution in [0.4, 0.5) is 4.79 Å². The van der Waals surface area contributed by atoms with Crippen molar-refractivity contribution in [2.24, 2.45) is 0 Å². The fourth-order valence-electron chi connectivity index (χ4n) is 3.43.